The van der Waals surface area contributed by atoms with E-state index < -0.39 is 0 Å². The van der Waals surface area contributed by atoms with Crippen LogP contribution in [0.1, 0.15) is 11.4 Å². The first kappa shape index (κ1) is 12.2. The first-order valence-electron chi connectivity index (χ1n) is 5.10. The number of nitrogens with zero attached hydrogens (tertiary/aromatic N) is 3. The van der Waals surface area contributed by atoms with Gasteiger partial charge in [-0.25, -0.2) is 9.67 Å². The molecule has 0 saturated heterocycles. The van der Waals surface area contributed by atoms with E-state index in [1.807, 2.05) is 19.9 Å². The highest BCUT2D eigenvalue weighted by molar-refractivity contribution is 6.36. The SMILES string of the molecule is CNc1nc(-n2nc(C)cc2C)c(Cl)cc1Cl. The van der Waals surface area contributed by atoms with Crippen molar-refractivity contribution in [1.82, 2.24) is 14.8 Å². The third kappa shape index (κ3) is 2.23. The Morgan fingerprint density at radius 1 is 1.18 bits per heavy atom. The van der Waals surface area contributed by atoms with Crippen molar-refractivity contribution in [3.8, 4) is 5.82 Å². The fraction of sp³-hybridized carbons (Fsp3) is 0.273. The zero-order valence-corrected chi connectivity index (χ0v) is 11.3. The normalized spacial score (nSPS) is 10.6. The number of pyridine rings is 1. The van der Waals surface area contributed by atoms with Gasteiger partial charge in [0.2, 0.25) is 0 Å². The molecule has 0 spiro atoms. The molecule has 0 unspecified atom stereocenters. The number of nitrogens with one attached hydrogen (secondary N) is 1. The minimum atomic E-state index is 0.472. The lowest BCUT2D eigenvalue weighted by Gasteiger charge is -2.09. The molecule has 6 heteroatoms. The monoisotopic (exact) mass is 270 g/mol. The van der Waals surface area contributed by atoms with Crippen LogP contribution in [0.15, 0.2) is 12.1 Å². The molecule has 4 nitrogen and oxygen atoms in total. The number of aryl methyl sites for hydroxylation is 2. The summed E-state index contributed by atoms with van der Waals surface area (Å²) < 4.78 is 1.70. The van der Waals surface area contributed by atoms with Gasteiger partial charge in [0.05, 0.1) is 15.7 Å². The van der Waals surface area contributed by atoms with Crippen LogP contribution in [0, 0.1) is 13.8 Å². The van der Waals surface area contributed by atoms with Crippen LogP contribution in [0.3, 0.4) is 0 Å². The molecular formula is C11H12Cl2N4. The molecule has 0 bridgehead atoms. The molecule has 0 amide bonds. The van der Waals surface area contributed by atoms with Crippen LogP contribution >= 0.6 is 23.2 Å². The molecule has 0 aromatic carbocycles. The van der Waals surface area contributed by atoms with Crippen molar-refractivity contribution in [3.05, 3.63) is 33.6 Å². The van der Waals surface area contributed by atoms with Crippen LogP contribution in [0.25, 0.3) is 5.82 Å². The average molecular weight is 271 g/mol. The summed E-state index contributed by atoms with van der Waals surface area (Å²) in [6, 6.07) is 3.62. The van der Waals surface area contributed by atoms with E-state index in [-0.39, 0.29) is 0 Å². The van der Waals surface area contributed by atoms with Gasteiger partial charge in [0.25, 0.3) is 0 Å². The van der Waals surface area contributed by atoms with Crippen LogP contribution in [-0.2, 0) is 0 Å². The molecule has 2 rings (SSSR count). The van der Waals surface area contributed by atoms with E-state index in [4.69, 9.17) is 23.2 Å². The Kier molecular flexibility index (Phi) is 3.26. The lowest BCUT2D eigenvalue weighted by Crippen LogP contribution is -2.05. The van der Waals surface area contributed by atoms with E-state index >= 15 is 0 Å². The van der Waals surface area contributed by atoms with E-state index in [9.17, 15) is 0 Å². The molecule has 2 aromatic heterocycles. The summed E-state index contributed by atoms with van der Waals surface area (Å²) in [6.07, 6.45) is 0. The second-order valence-electron chi connectivity index (χ2n) is 3.71. The quantitative estimate of drug-likeness (QED) is 0.911. The summed E-state index contributed by atoms with van der Waals surface area (Å²) in [4.78, 5) is 4.36. The highest BCUT2D eigenvalue weighted by Gasteiger charge is 2.12. The van der Waals surface area contributed by atoms with Gasteiger partial charge in [-0.2, -0.15) is 5.10 Å². The van der Waals surface area contributed by atoms with Crippen LogP contribution in [0.5, 0.6) is 0 Å². The number of aromatic nitrogens is 3. The van der Waals surface area contributed by atoms with E-state index in [0.717, 1.165) is 11.4 Å². The maximum absolute atomic E-state index is 6.14. The van der Waals surface area contributed by atoms with Gasteiger partial charge in [0.1, 0.15) is 5.82 Å². The van der Waals surface area contributed by atoms with E-state index in [0.29, 0.717) is 21.7 Å². The van der Waals surface area contributed by atoms with E-state index in [1.165, 1.54) is 0 Å². The molecule has 2 aromatic rings. The lowest BCUT2D eigenvalue weighted by molar-refractivity contribution is 0.807. The van der Waals surface area contributed by atoms with Crippen LogP contribution in [0.4, 0.5) is 5.82 Å². The Morgan fingerprint density at radius 2 is 1.88 bits per heavy atom. The van der Waals surface area contributed by atoms with Gasteiger partial charge in [0, 0.05) is 12.7 Å². The highest BCUT2D eigenvalue weighted by atomic mass is 35.5. The third-order valence-electron chi connectivity index (χ3n) is 2.36. The predicted molar refractivity (Wildman–Crippen MR) is 70.4 cm³/mol. The summed E-state index contributed by atoms with van der Waals surface area (Å²) in [6.45, 7) is 3.87. The standard InChI is InChI=1S/C11H12Cl2N4/c1-6-4-7(2)17(16-6)11-9(13)5-8(12)10(14-3)15-11/h4-5H,1-3H3,(H,14,15). The summed E-state index contributed by atoms with van der Waals surface area (Å²) in [5.41, 5.74) is 1.89. The second-order valence-corrected chi connectivity index (χ2v) is 4.53. The molecule has 0 radical (unpaired) electrons. The highest BCUT2D eigenvalue weighted by Crippen LogP contribution is 2.28. The fourth-order valence-electron chi connectivity index (χ4n) is 1.62. The fourth-order valence-corrected chi connectivity index (χ4v) is 2.16. The second kappa shape index (κ2) is 4.55. The molecule has 1 N–H and O–H groups in total. The van der Waals surface area contributed by atoms with Gasteiger partial charge in [-0.05, 0) is 26.0 Å². The van der Waals surface area contributed by atoms with Crippen LogP contribution in [-0.4, -0.2) is 21.8 Å². The number of rotatable bonds is 2. The summed E-state index contributed by atoms with van der Waals surface area (Å²) in [7, 11) is 1.76. The van der Waals surface area contributed by atoms with Crippen molar-refractivity contribution in [2.45, 2.75) is 13.8 Å². The molecule has 0 aliphatic heterocycles. The summed E-state index contributed by atoms with van der Waals surface area (Å²) in [5, 5.41) is 8.22. The molecule has 90 valence electrons. The molecule has 17 heavy (non-hydrogen) atoms. The maximum Gasteiger partial charge on any atom is 0.174 e. The Bertz CT molecular complexity index is 563. The summed E-state index contributed by atoms with van der Waals surface area (Å²) in [5.74, 6) is 1.16. The van der Waals surface area contributed by atoms with Crippen molar-refractivity contribution in [2.24, 2.45) is 0 Å². The van der Waals surface area contributed by atoms with Crippen molar-refractivity contribution in [1.29, 1.82) is 0 Å². The molecule has 0 aliphatic carbocycles. The maximum atomic E-state index is 6.14. The van der Waals surface area contributed by atoms with Crippen molar-refractivity contribution in [2.75, 3.05) is 12.4 Å². The Morgan fingerprint density at radius 3 is 2.41 bits per heavy atom. The van der Waals surface area contributed by atoms with Gasteiger partial charge >= 0.3 is 0 Å². The number of hydrogen-bond acceptors (Lipinski definition) is 3. The Balaban J connectivity index is 2.63. The molecule has 2 heterocycles. The Hall–Kier alpha value is -1.26. The zero-order valence-electron chi connectivity index (χ0n) is 9.75. The Labute approximate surface area is 110 Å². The smallest absolute Gasteiger partial charge is 0.174 e. The van der Waals surface area contributed by atoms with Crippen molar-refractivity contribution < 1.29 is 0 Å². The van der Waals surface area contributed by atoms with Gasteiger partial charge < -0.3 is 5.32 Å². The molecule has 0 aliphatic rings. The molecule has 0 fully saturated rings. The number of hydrogen-bond donors (Lipinski definition) is 1. The zero-order chi connectivity index (χ0) is 12.6. The van der Waals surface area contributed by atoms with Gasteiger partial charge in [0.15, 0.2) is 5.82 Å². The van der Waals surface area contributed by atoms with Gasteiger partial charge in [-0.15, -0.1) is 0 Å². The van der Waals surface area contributed by atoms with Crippen molar-refractivity contribution >= 4 is 29.0 Å². The first-order chi connectivity index (χ1) is 8.02. The van der Waals surface area contributed by atoms with E-state index in [2.05, 4.69) is 15.4 Å². The minimum absolute atomic E-state index is 0.472. The van der Waals surface area contributed by atoms with Gasteiger partial charge in [-0.3, -0.25) is 0 Å². The van der Waals surface area contributed by atoms with E-state index in [1.54, 1.807) is 17.8 Å². The largest absolute Gasteiger partial charge is 0.372 e. The average Bonchev–Trinajstić information content (AvgIpc) is 2.58. The molecular weight excluding hydrogens is 259 g/mol. The topological polar surface area (TPSA) is 42.7 Å². The predicted octanol–water partition coefficient (Wildman–Crippen LogP) is 3.23. The van der Waals surface area contributed by atoms with Crippen LogP contribution < -0.4 is 5.32 Å². The lowest BCUT2D eigenvalue weighted by atomic mass is 10.4. The van der Waals surface area contributed by atoms with Gasteiger partial charge in [-0.1, -0.05) is 23.2 Å². The number of halogens is 2. The third-order valence-corrected chi connectivity index (χ3v) is 2.92. The van der Waals surface area contributed by atoms with Crippen LogP contribution in [0.2, 0.25) is 10.0 Å². The molecule has 0 atom stereocenters. The van der Waals surface area contributed by atoms with Crippen molar-refractivity contribution in [3.63, 3.8) is 0 Å². The number of anilines is 1. The molecule has 0 saturated carbocycles. The minimum Gasteiger partial charge on any atom is -0.372 e. The first-order valence-corrected chi connectivity index (χ1v) is 5.86. The summed E-state index contributed by atoms with van der Waals surface area (Å²) >= 11 is 12.1.